The minimum absolute atomic E-state index is 0.00352. The van der Waals surface area contributed by atoms with Gasteiger partial charge < -0.3 is 10.5 Å². The summed E-state index contributed by atoms with van der Waals surface area (Å²) in [5.74, 6) is 0.906. The Bertz CT molecular complexity index is 563. The van der Waals surface area contributed by atoms with E-state index < -0.39 is 0 Å². The van der Waals surface area contributed by atoms with E-state index in [1.807, 2.05) is 18.2 Å². The van der Waals surface area contributed by atoms with Crippen LogP contribution in [0.1, 0.15) is 28.3 Å². The van der Waals surface area contributed by atoms with E-state index in [-0.39, 0.29) is 6.04 Å². The Morgan fingerprint density at radius 1 is 1.05 bits per heavy atom. The van der Waals surface area contributed by atoms with Gasteiger partial charge in [-0.15, -0.1) is 0 Å². The van der Waals surface area contributed by atoms with Gasteiger partial charge in [0.15, 0.2) is 0 Å². The van der Waals surface area contributed by atoms with Gasteiger partial charge in [0.2, 0.25) is 0 Å². The highest BCUT2D eigenvalue weighted by Crippen LogP contribution is 2.26. The fourth-order valence-corrected chi connectivity index (χ4v) is 2.39. The molecule has 0 aliphatic carbocycles. The Kier molecular flexibility index (Phi) is 4.23. The fourth-order valence-electron chi connectivity index (χ4n) is 2.39. The lowest BCUT2D eigenvalue weighted by molar-refractivity contribution is 0.408. The van der Waals surface area contributed by atoms with Crippen molar-refractivity contribution in [1.82, 2.24) is 0 Å². The molecular formula is C17H21NO. The van der Waals surface area contributed by atoms with Crippen LogP contribution in [0.3, 0.4) is 0 Å². The van der Waals surface area contributed by atoms with Gasteiger partial charge in [-0.2, -0.15) is 0 Å². The SMILES string of the molecule is COc1ccccc1CC(N)c1cccc(C)c1C. The molecule has 100 valence electrons. The summed E-state index contributed by atoms with van der Waals surface area (Å²) in [5, 5.41) is 0. The molecule has 0 fully saturated rings. The average Bonchev–Trinajstić information content (AvgIpc) is 2.42. The summed E-state index contributed by atoms with van der Waals surface area (Å²) in [7, 11) is 1.70. The molecule has 1 atom stereocenters. The Morgan fingerprint density at radius 2 is 1.79 bits per heavy atom. The number of benzene rings is 2. The van der Waals surface area contributed by atoms with Crippen molar-refractivity contribution >= 4 is 0 Å². The molecule has 2 N–H and O–H groups in total. The molecule has 0 heterocycles. The van der Waals surface area contributed by atoms with Crippen LogP contribution in [0.4, 0.5) is 0 Å². The lowest BCUT2D eigenvalue weighted by Crippen LogP contribution is -2.15. The first-order valence-electron chi connectivity index (χ1n) is 6.57. The number of hydrogen-bond donors (Lipinski definition) is 1. The topological polar surface area (TPSA) is 35.2 Å². The van der Waals surface area contributed by atoms with Crippen LogP contribution in [0.5, 0.6) is 5.75 Å². The first kappa shape index (κ1) is 13.6. The molecule has 0 aromatic heterocycles. The molecule has 2 aromatic rings. The van der Waals surface area contributed by atoms with Gasteiger partial charge in [0.05, 0.1) is 7.11 Å². The molecule has 1 unspecified atom stereocenters. The normalized spacial score (nSPS) is 12.2. The first-order chi connectivity index (χ1) is 9.13. The molecule has 0 saturated carbocycles. The molecular weight excluding hydrogens is 234 g/mol. The van der Waals surface area contributed by atoms with Gasteiger partial charge in [0.1, 0.15) is 5.75 Å². The second-order valence-corrected chi connectivity index (χ2v) is 4.91. The van der Waals surface area contributed by atoms with Crippen LogP contribution >= 0.6 is 0 Å². The van der Waals surface area contributed by atoms with Crippen molar-refractivity contribution in [3.8, 4) is 5.75 Å². The number of methoxy groups -OCH3 is 1. The van der Waals surface area contributed by atoms with E-state index in [4.69, 9.17) is 10.5 Å². The summed E-state index contributed by atoms with van der Waals surface area (Å²) < 4.78 is 5.38. The second kappa shape index (κ2) is 5.89. The minimum atomic E-state index is -0.00352. The highest BCUT2D eigenvalue weighted by Gasteiger charge is 2.13. The predicted molar refractivity (Wildman–Crippen MR) is 79.5 cm³/mol. The maximum Gasteiger partial charge on any atom is 0.122 e. The number of nitrogens with two attached hydrogens (primary N) is 1. The Labute approximate surface area is 115 Å². The van der Waals surface area contributed by atoms with Crippen LogP contribution < -0.4 is 10.5 Å². The van der Waals surface area contributed by atoms with Crippen molar-refractivity contribution in [2.45, 2.75) is 26.3 Å². The lowest BCUT2D eigenvalue weighted by atomic mass is 9.93. The van der Waals surface area contributed by atoms with Crippen LogP contribution in [0.15, 0.2) is 42.5 Å². The largest absolute Gasteiger partial charge is 0.496 e. The van der Waals surface area contributed by atoms with Gasteiger partial charge in [-0.05, 0) is 48.6 Å². The van der Waals surface area contributed by atoms with Gasteiger partial charge in [-0.3, -0.25) is 0 Å². The zero-order chi connectivity index (χ0) is 13.8. The van der Waals surface area contributed by atoms with Gasteiger partial charge >= 0.3 is 0 Å². The smallest absolute Gasteiger partial charge is 0.122 e. The highest BCUT2D eigenvalue weighted by atomic mass is 16.5. The molecule has 0 saturated heterocycles. The number of aryl methyl sites for hydroxylation is 1. The van der Waals surface area contributed by atoms with Crippen LogP contribution in [0.25, 0.3) is 0 Å². The molecule has 0 bridgehead atoms. The van der Waals surface area contributed by atoms with E-state index in [0.29, 0.717) is 0 Å². The zero-order valence-corrected chi connectivity index (χ0v) is 11.8. The molecule has 0 spiro atoms. The summed E-state index contributed by atoms with van der Waals surface area (Å²) in [6.07, 6.45) is 0.786. The first-order valence-corrected chi connectivity index (χ1v) is 6.57. The van der Waals surface area contributed by atoms with Gasteiger partial charge in [0.25, 0.3) is 0 Å². The lowest BCUT2D eigenvalue weighted by Gasteiger charge is -2.17. The molecule has 2 heteroatoms. The van der Waals surface area contributed by atoms with Crippen molar-refractivity contribution in [1.29, 1.82) is 0 Å². The summed E-state index contributed by atoms with van der Waals surface area (Å²) in [5.41, 5.74) is 11.3. The summed E-state index contributed by atoms with van der Waals surface area (Å²) in [4.78, 5) is 0. The van der Waals surface area contributed by atoms with E-state index in [0.717, 1.165) is 17.7 Å². The second-order valence-electron chi connectivity index (χ2n) is 4.91. The number of para-hydroxylation sites is 1. The number of ether oxygens (including phenoxy) is 1. The van der Waals surface area contributed by atoms with Crippen molar-refractivity contribution < 1.29 is 4.74 Å². The predicted octanol–water partition coefficient (Wildman–Crippen LogP) is 3.55. The van der Waals surface area contributed by atoms with Crippen molar-refractivity contribution in [2.75, 3.05) is 7.11 Å². The monoisotopic (exact) mass is 255 g/mol. The molecule has 0 aliphatic rings. The van der Waals surface area contributed by atoms with E-state index in [1.165, 1.54) is 16.7 Å². The molecule has 2 nitrogen and oxygen atoms in total. The third-order valence-corrected chi connectivity index (χ3v) is 3.68. The molecule has 0 aliphatic heterocycles. The fraction of sp³-hybridized carbons (Fsp3) is 0.294. The Hall–Kier alpha value is -1.80. The Morgan fingerprint density at radius 3 is 2.53 bits per heavy atom. The molecule has 0 amide bonds. The summed E-state index contributed by atoms with van der Waals surface area (Å²) >= 11 is 0. The maximum atomic E-state index is 6.36. The van der Waals surface area contributed by atoms with Crippen LogP contribution in [0.2, 0.25) is 0 Å². The third kappa shape index (κ3) is 2.96. The van der Waals surface area contributed by atoms with Gasteiger partial charge in [-0.25, -0.2) is 0 Å². The highest BCUT2D eigenvalue weighted by molar-refractivity contribution is 5.39. The third-order valence-electron chi connectivity index (χ3n) is 3.68. The van der Waals surface area contributed by atoms with Gasteiger partial charge in [-0.1, -0.05) is 36.4 Å². The zero-order valence-electron chi connectivity index (χ0n) is 11.8. The van der Waals surface area contributed by atoms with Crippen molar-refractivity contribution in [2.24, 2.45) is 5.73 Å². The number of rotatable bonds is 4. The number of hydrogen-bond acceptors (Lipinski definition) is 2. The van der Waals surface area contributed by atoms with Crippen LogP contribution in [-0.2, 0) is 6.42 Å². The van der Waals surface area contributed by atoms with E-state index >= 15 is 0 Å². The maximum absolute atomic E-state index is 6.36. The van der Waals surface area contributed by atoms with Crippen LogP contribution in [0, 0.1) is 13.8 Å². The van der Waals surface area contributed by atoms with E-state index in [9.17, 15) is 0 Å². The quantitative estimate of drug-likeness (QED) is 0.906. The molecule has 2 rings (SSSR count). The standard InChI is InChI=1S/C17H21NO/c1-12-7-6-9-15(13(12)2)16(18)11-14-8-4-5-10-17(14)19-3/h4-10,16H,11,18H2,1-3H3. The summed E-state index contributed by atoms with van der Waals surface area (Å²) in [6.45, 7) is 4.25. The molecule has 2 aromatic carbocycles. The van der Waals surface area contributed by atoms with Crippen LogP contribution in [-0.4, -0.2) is 7.11 Å². The minimum Gasteiger partial charge on any atom is -0.496 e. The summed E-state index contributed by atoms with van der Waals surface area (Å²) in [6, 6.07) is 14.3. The molecule has 19 heavy (non-hydrogen) atoms. The van der Waals surface area contributed by atoms with E-state index in [1.54, 1.807) is 7.11 Å². The van der Waals surface area contributed by atoms with Crippen molar-refractivity contribution in [3.63, 3.8) is 0 Å². The Balaban J connectivity index is 2.26. The average molecular weight is 255 g/mol. The molecule has 0 radical (unpaired) electrons. The van der Waals surface area contributed by atoms with Gasteiger partial charge in [0, 0.05) is 6.04 Å². The van der Waals surface area contributed by atoms with E-state index in [2.05, 4.69) is 38.1 Å². The van der Waals surface area contributed by atoms with Crippen molar-refractivity contribution in [3.05, 3.63) is 64.7 Å².